The number of carbonyl (C=O) groups excluding carboxylic acids is 1. The highest BCUT2D eigenvalue weighted by Gasteiger charge is 2.25. The minimum atomic E-state index is -2.38. The highest BCUT2D eigenvalue weighted by atomic mass is 16.4. The number of aliphatic hydroxyl groups excluding tert-OH is 2. The molecule has 0 aromatic heterocycles. The summed E-state index contributed by atoms with van der Waals surface area (Å²) in [4.78, 5) is 21.0. The van der Waals surface area contributed by atoms with Gasteiger partial charge < -0.3 is 30.1 Å². The van der Waals surface area contributed by atoms with E-state index in [2.05, 4.69) is 62.5 Å². The number of carbonyl (C=O) groups is 2. The number of carboxylic acid groups (broad SMARTS) is 2. The Hall–Kier alpha value is -2.74. The van der Waals surface area contributed by atoms with E-state index >= 15 is 0 Å². The first-order valence-electron chi connectivity index (χ1n) is 8.53. The average molecular weight is 373 g/mol. The highest BCUT2D eigenvalue weighted by Crippen LogP contribution is 2.23. The summed E-state index contributed by atoms with van der Waals surface area (Å²) in [5, 5.41) is 36.8. The average Bonchev–Trinajstić information content (AvgIpc) is 2.99. The Morgan fingerprint density at radius 2 is 1.74 bits per heavy atom. The van der Waals surface area contributed by atoms with Gasteiger partial charge in [-0.2, -0.15) is 0 Å². The fraction of sp³-hybridized carbons (Fsp3) is 0.300. The number of rotatable bonds is 4. The number of hydrogen-bond donors (Lipinski definition) is 4. The van der Waals surface area contributed by atoms with Crippen LogP contribution in [0.15, 0.2) is 48.5 Å². The topological polar surface area (TPSA) is 122 Å². The molecule has 4 N–H and O–H groups in total. The summed E-state index contributed by atoms with van der Waals surface area (Å²) in [5.74, 6) is -3.83. The Balaban J connectivity index is 0.000000227. The molecule has 0 saturated carbocycles. The van der Waals surface area contributed by atoms with Gasteiger partial charge in [0.05, 0.1) is 19.6 Å². The van der Waals surface area contributed by atoms with E-state index in [4.69, 9.17) is 15.3 Å². The molecule has 0 radical (unpaired) electrons. The molecule has 4 atom stereocenters. The molecule has 1 aliphatic heterocycles. The summed E-state index contributed by atoms with van der Waals surface area (Å²) < 4.78 is 0. The van der Waals surface area contributed by atoms with E-state index in [1.807, 2.05) is 0 Å². The quantitative estimate of drug-likeness (QED) is 0.528. The van der Waals surface area contributed by atoms with Crippen molar-refractivity contribution in [1.82, 2.24) is 0 Å². The molecule has 0 fully saturated rings. The van der Waals surface area contributed by atoms with Crippen LogP contribution >= 0.6 is 0 Å². The normalized spacial score (nSPS) is 21.0. The van der Waals surface area contributed by atoms with Gasteiger partial charge in [-0.05, 0) is 35.4 Å². The van der Waals surface area contributed by atoms with Crippen molar-refractivity contribution < 1.29 is 34.9 Å². The second-order valence-corrected chi connectivity index (χ2v) is 6.54. The van der Waals surface area contributed by atoms with Crippen molar-refractivity contribution in [3.05, 3.63) is 54.1 Å². The largest absolute Gasteiger partial charge is 0.547 e. The van der Waals surface area contributed by atoms with Crippen molar-refractivity contribution in [1.29, 1.82) is 0 Å². The molecule has 2 aromatic rings. The van der Waals surface area contributed by atoms with Gasteiger partial charge >= 0.3 is 5.97 Å². The molecule has 0 bridgehead atoms. The van der Waals surface area contributed by atoms with E-state index in [1.54, 1.807) is 4.90 Å². The fourth-order valence-electron chi connectivity index (χ4n) is 2.89. The molecule has 0 amide bonds. The number of aliphatic hydroxyl groups is 2. The van der Waals surface area contributed by atoms with Crippen LogP contribution in [-0.4, -0.2) is 59.1 Å². The zero-order chi connectivity index (χ0) is 20.1. The number of aliphatic carboxylic acids is 2. The van der Waals surface area contributed by atoms with E-state index in [9.17, 15) is 14.7 Å². The zero-order valence-electron chi connectivity index (χ0n) is 15.1. The van der Waals surface area contributed by atoms with E-state index in [0.29, 0.717) is 6.04 Å². The second-order valence-electron chi connectivity index (χ2n) is 6.54. The second kappa shape index (κ2) is 8.77. The molecule has 1 aliphatic rings. The van der Waals surface area contributed by atoms with Gasteiger partial charge in [-0.3, -0.25) is 0 Å². The smallest absolute Gasteiger partial charge is 0.335 e. The van der Waals surface area contributed by atoms with Gasteiger partial charge in [0.2, 0.25) is 0 Å². The van der Waals surface area contributed by atoms with Crippen LogP contribution in [0.1, 0.15) is 12.5 Å². The molecule has 27 heavy (non-hydrogen) atoms. The predicted molar refractivity (Wildman–Crippen MR) is 97.8 cm³/mol. The first-order chi connectivity index (χ1) is 12.7. The number of likely N-dealkylation sites (N-methyl/N-ethyl adjacent to an activating group) is 1. The van der Waals surface area contributed by atoms with Gasteiger partial charge in [0.25, 0.3) is 0 Å². The molecule has 7 nitrogen and oxygen atoms in total. The Kier molecular flexibility index (Phi) is 6.68. The number of fused-ring (bicyclic) bond motifs is 1. The lowest BCUT2D eigenvalue weighted by molar-refractivity contribution is -0.883. The van der Waals surface area contributed by atoms with Crippen molar-refractivity contribution >= 4 is 28.3 Å². The lowest BCUT2D eigenvalue weighted by Crippen LogP contribution is -3.10. The van der Waals surface area contributed by atoms with Gasteiger partial charge in [0, 0.05) is 5.57 Å². The number of nitrogens with one attached hydrogen (secondary N) is 1. The molecular formula is C20H23NO6. The Bertz CT molecular complexity index is 844. The third kappa shape index (κ3) is 4.91. The van der Waals surface area contributed by atoms with E-state index in [-0.39, 0.29) is 0 Å². The lowest BCUT2D eigenvalue weighted by Gasteiger charge is -2.15. The Morgan fingerprint density at radius 3 is 2.22 bits per heavy atom. The van der Waals surface area contributed by atoms with E-state index < -0.39 is 24.1 Å². The summed E-state index contributed by atoms with van der Waals surface area (Å²) in [7, 11) is 2.26. The maximum Gasteiger partial charge on any atom is 0.335 e. The van der Waals surface area contributed by atoms with Crippen LogP contribution in [0.2, 0.25) is 0 Å². The Labute approximate surface area is 156 Å². The summed E-state index contributed by atoms with van der Waals surface area (Å²) in [5.41, 5.74) is 2.88. The molecular weight excluding hydrogens is 350 g/mol. The number of hydrogen-bond acceptors (Lipinski definition) is 5. The van der Waals surface area contributed by atoms with Crippen LogP contribution in [-0.2, 0) is 9.59 Å². The van der Waals surface area contributed by atoms with Crippen molar-refractivity contribution in [2.24, 2.45) is 0 Å². The van der Waals surface area contributed by atoms with Crippen LogP contribution in [0.5, 0.6) is 0 Å². The van der Waals surface area contributed by atoms with Crippen LogP contribution in [0, 0.1) is 0 Å². The van der Waals surface area contributed by atoms with E-state index in [0.717, 1.165) is 6.54 Å². The third-order valence-electron chi connectivity index (χ3n) is 4.73. The lowest BCUT2D eigenvalue weighted by atomic mass is 9.98. The van der Waals surface area contributed by atoms with Gasteiger partial charge in [-0.1, -0.05) is 36.4 Å². The van der Waals surface area contributed by atoms with Crippen LogP contribution < -0.4 is 10.0 Å². The summed E-state index contributed by atoms with van der Waals surface area (Å²) in [6.45, 7) is 3.45. The first kappa shape index (κ1) is 20.6. The molecule has 0 spiro atoms. The van der Waals surface area contributed by atoms with Crippen molar-refractivity contribution in [3.8, 4) is 0 Å². The van der Waals surface area contributed by atoms with Gasteiger partial charge in [-0.15, -0.1) is 0 Å². The van der Waals surface area contributed by atoms with Gasteiger partial charge in [-0.25, -0.2) is 4.79 Å². The van der Waals surface area contributed by atoms with Crippen molar-refractivity contribution in [2.75, 3.05) is 13.6 Å². The standard InChI is InChI=1S/C16H17N.C4H6O6/c1-12-16(9-10-17(12)2)15-8-7-13-5-3-4-6-14(13)11-15;5-1(3(7)8)2(6)4(9)10/h3-9,11-12H,10H2,1-2H3;1-2,5-6H,(H,7,8)(H,9,10). The minimum Gasteiger partial charge on any atom is -0.547 e. The predicted octanol–water partition coefficient (Wildman–Crippen LogP) is -1.32. The minimum absolute atomic E-state index is 0.608. The maximum atomic E-state index is 9.74. The molecule has 3 rings (SSSR count). The first-order valence-corrected chi connectivity index (χ1v) is 8.53. The SMILES string of the molecule is CC1C(c2ccc3ccccc3c2)=CC[NH+]1C.O=C([O-])C(O)C(O)C(=O)O. The van der Waals surface area contributed by atoms with Crippen molar-refractivity contribution in [3.63, 3.8) is 0 Å². The van der Waals surface area contributed by atoms with Crippen LogP contribution in [0.3, 0.4) is 0 Å². The van der Waals surface area contributed by atoms with Crippen molar-refractivity contribution in [2.45, 2.75) is 25.2 Å². The van der Waals surface area contributed by atoms with E-state index in [1.165, 1.54) is 21.9 Å². The number of benzene rings is 2. The monoisotopic (exact) mass is 373 g/mol. The summed E-state index contributed by atoms with van der Waals surface area (Å²) in [6, 6.07) is 16.0. The zero-order valence-corrected chi connectivity index (χ0v) is 15.1. The fourth-order valence-corrected chi connectivity index (χ4v) is 2.89. The number of quaternary nitrogens is 1. The molecule has 0 saturated heterocycles. The van der Waals surface area contributed by atoms with Crippen LogP contribution in [0.25, 0.3) is 16.3 Å². The summed E-state index contributed by atoms with van der Waals surface area (Å²) in [6.07, 6.45) is -2.33. The molecule has 2 aromatic carbocycles. The molecule has 7 heteroatoms. The maximum absolute atomic E-state index is 9.74. The molecule has 4 unspecified atom stereocenters. The number of carboxylic acids is 2. The van der Waals surface area contributed by atoms with Crippen LogP contribution in [0.4, 0.5) is 0 Å². The molecule has 144 valence electrons. The third-order valence-corrected chi connectivity index (χ3v) is 4.73. The molecule has 0 aliphatic carbocycles. The van der Waals surface area contributed by atoms with Gasteiger partial charge in [0.15, 0.2) is 6.10 Å². The van der Waals surface area contributed by atoms with Gasteiger partial charge in [0.1, 0.15) is 12.1 Å². The Morgan fingerprint density at radius 1 is 1.11 bits per heavy atom. The summed E-state index contributed by atoms with van der Waals surface area (Å²) >= 11 is 0. The molecule has 1 heterocycles. The highest BCUT2D eigenvalue weighted by molar-refractivity contribution is 5.87.